The number of ether oxygens (including phenoxy) is 1. The van der Waals surface area contributed by atoms with Crippen LogP contribution in [0.1, 0.15) is 62.5 Å². The highest BCUT2D eigenvalue weighted by atomic mass is 19.4. The van der Waals surface area contributed by atoms with Gasteiger partial charge in [0.05, 0.1) is 24.1 Å². The quantitative estimate of drug-likeness (QED) is 0.445. The number of amides is 2. The molecule has 4 aliphatic rings. The second kappa shape index (κ2) is 11.7. The fourth-order valence-electron chi connectivity index (χ4n) is 6.84. The Balaban J connectivity index is 1.06. The zero-order valence-electron chi connectivity index (χ0n) is 22.9. The molecule has 2 amide bonds. The van der Waals surface area contributed by atoms with E-state index in [4.69, 9.17) is 10.00 Å². The van der Waals surface area contributed by atoms with E-state index in [2.05, 4.69) is 0 Å². The van der Waals surface area contributed by atoms with Crippen molar-refractivity contribution < 1.29 is 36.3 Å². The third kappa shape index (κ3) is 6.60. The van der Waals surface area contributed by atoms with Crippen molar-refractivity contribution in [2.24, 2.45) is 17.8 Å². The number of benzene rings is 1. The summed E-state index contributed by atoms with van der Waals surface area (Å²) in [6, 6.07) is 3.80. The highest BCUT2D eigenvalue weighted by molar-refractivity contribution is 5.79. The van der Waals surface area contributed by atoms with Crippen LogP contribution in [0.5, 0.6) is 0 Å². The highest BCUT2D eigenvalue weighted by Crippen LogP contribution is 2.38. The van der Waals surface area contributed by atoms with Gasteiger partial charge < -0.3 is 14.5 Å². The molecule has 3 heterocycles. The van der Waals surface area contributed by atoms with Gasteiger partial charge in [-0.1, -0.05) is 0 Å². The number of likely N-dealkylation sites (tertiary alicyclic amines) is 2. The van der Waals surface area contributed by atoms with Gasteiger partial charge in [0, 0.05) is 63.6 Å². The summed E-state index contributed by atoms with van der Waals surface area (Å²) in [6.07, 6.45) is -0.708. The van der Waals surface area contributed by atoms with Gasteiger partial charge >= 0.3 is 12.3 Å². The molecule has 12 heteroatoms. The minimum Gasteiger partial charge on any atom is -0.441 e. The third-order valence-corrected chi connectivity index (χ3v) is 9.40. The fourth-order valence-corrected chi connectivity index (χ4v) is 6.84. The molecule has 1 aromatic carbocycles. The summed E-state index contributed by atoms with van der Waals surface area (Å²) in [5.41, 5.74) is -0.779. The maximum atomic E-state index is 14.3. The lowest BCUT2D eigenvalue weighted by atomic mass is 9.80. The Labute approximate surface area is 236 Å². The van der Waals surface area contributed by atoms with Crippen molar-refractivity contribution >= 4 is 12.0 Å². The molecular formula is C29H35F5N4O3. The minimum atomic E-state index is -4.20. The van der Waals surface area contributed by atoms with E-state index in [1.807, 2.05) is 4.90 Å². The number of carbonyl (C=O) groups excluding carboxylic acids is 2. The van der Waals surface area contributed by atoms with E-state index >= 15 is 0 Å². The van der Waals surface area contributed by atoms with Gasteiger partial charge in [0.2, 0.25) is 5.91 Å². The standard InChI is InChI=1S/C29H35F5N4O3/c30-24-13-20(15-35)14-25(31)23(24)17-36-11-7-28(8-12-36)18-38(27(40)41-28)16-19-1-3-21(4-2-19)26(39)37-9-5-22(6-10-37)29(32,33)34/h13-14,19,21-22H,1-12,16-18H2. The summed E-state index contributed by atoms with van der Waals surface area (Å²) < 4.78 is 73.3. The van der Waals surface area contributed by atoms with Crippen LogP contribution in [-0.2, 0) is 16.1 Å². The topological polar surface area (TPSA) is 76.9 Å². The molecular weight excluding hydrogens is 547 g/mol. The van der Waals surface area contributed by atoms with Crippen molar-refractivity contribution in [2.75, 3.05) is 39.3 Å². The van der Waals surface area contributed by atoms with Crippen LogP contribution in [0.2, 0.25) is 0 Å². The third-order valence-electron chi connectivity index (χ3n) is 9.40. The number of halogens is 5. The van der Waals surface area contributed by atoms with Gasteiger partial charge in [0.25, 0.3) is 0 Å². The highest BCUT2D eigenvalue weighted by Gasteiger charge is 2.48. The van der Waals surface area contributed by atoms with Crippen molar-refractivity contribution in [3.05, 3.63) is 34.9 Å². The Morgan fingerprint density at radius 2 is 1.61 bits per heavy atom. The number of piperidine rings is 2. The number of hydrogen-bond acceptors (Lipinski definition) is 5. The smallest absolute Gasteiger partial charge is 0.410 e. The second-order valence-electron chi connectivity index (χ2n) is 12.1. The summed E-state index contributed by atoms with van der Waals surface area (Å²) in [5, 5.41) is 8.89. The molecule has 41 heavy (non-hydrogen) atoms. The van der Waals surface area contributed by atoms with Crippen molar-refractivity contribution in [3.63, 3.8) is 0 Å². The van der Waals surface area contributed by atoms with Crippen LogP contribution in [0.4, 0.5) is 26.7 Å². The van der Waals surface area contributed by atoms with Crippen molar-refractivity contribution in [1.29, 1.82) is 5.26 Å². The summed E-state index contributed by atoms with van der Waals surface area (Å²) in [6.45, 7) is 2.37. The first kappa shape index (κ1) is 29.5. The Morgan fingerprint density at radius 3 is 2.17 bits per heavy atom. The van der Waals surface area contributed by atoms with Gasteiger partial charge in [0.1, 0.15) is 17.2 Å². The first-order valence-corrected chi connectivity index (χ1v) is 14.4. The lowest BCUT2D eigenvalue weighted by Crippen LogP contribution is -2.47. The van der Waals surface area contributed by atoms with E-state index in [-0.39, 0.29) is 67.4 Å². The SMILES string of the molecule is N#Cc1cc(F)c(CN2CCC3(CC2)CN(CC2CCC(C(=O)N4CCC(C(F)(F)F)CC4)CC2)C(=O)O3)c(F)c1. The molecule has 0 atom stereocenters. The predicted octanol–water partition coefficient (Wildman–Crippen LogP) is 5.23. The van der Waals surface area contributed by atoms with Crippen LogP contribution in [0.15, 0.2) is 12.1 Å². The Hall–Kier alpha value is -2.94. The molecule has 0 N–H and O–H groups in total. The van der Waals surface area contributed by atoms with Crippen LogP contribution >= 0.6 is 0 Å². The maximum absolute atomic E-state index is 14.3. The lowest BCUT2D eigenvalue weighted by molar-refractivity contribution is -0.187. The number of rotatable bonds is 5. The molecule has 1 spiro atoms. The van der Waals surface area contributed by atoms with Crippen molar-refractivity contribution in [3.8, 4) is 6.07 Å². The van der Waals surface area contributed by atoms with Gasteiger partial charge in [0.15, 0.2) is 0 Å². The molecule has 0 radical (unpaired) electrons. The zero-order chi connectivity index (χ0) is 29.4. The zero-order valence-corrected chi connectivity index (χ0v) is 22.9. The van der Waals surface area contributed by atoms with Crippen molar-refractivity contribution in [2.45, 2.75) is 69.7 Å². The van der Waals surface area contributed by atoms with E-state index in [1.54, 1.807) is 15.9 Å². The monoisotopic (exact) mass is 582 g/mol. The molecule has 0 unspecified atom stereocenters. The van der Waals surface area contributed by atoms with E-state index in [0.29, 0.717) is 51.9 Å². The van der Waals surface area contributed by atoms with Gasteiger partial charge in [-0.05, 0) is 56.6 Å². The average molecular weight is 583 g/mol. The van der Waals surface area contributed by atoms with Crippen LogP contribution in [-0.4, -0.2) is 77.7 Å². The molecule has 4 fully saturated rings. The normalized spacial score (nSPS) is 25.8. The average Bonchev–Trinajstić information content (AvgIpc) is 3.25. The van der Waals surface area contributed by atoms with Gasteiger partial charge in [-0.2, -0.15) is 18.4 Å². The summed E-state index contributed by atoms with van der Waals surface area (Å²) >= 11 is 0. The van der Waals surface area contributed by atoms with Crippen molar-refractivity contribution in [1.82, 2.24) is 14.7 Å². The Kier molecular flexibility index (Phi) is 8.46. The minimum absolute atomic E-state index is 0.0373. The van der Waals surface area contributed by atoms with E-state index in [1.165, 1.54) is 0 Å². The molecule has 1 aromatic rings. The first-order chi connectivity index (χ1) is 19.5. The number of nitriles is 1. The molecule has 0 bridgehead atoms. The number of nitrogens with zero attached hydrogens (tertiary/aromatic N) is 4. The number of alkyl halides is 3. The summed E-state index contributed by atoms with van der Waals surface area (Å²) in [5.74, 6) is -2.82. The first-order valence-electron chi connectivity index (χ1n) is 14.4. The van der Waals surface area contributed by atoms with Gasteiger partial charge in [-0.25, -0.2) is 13.6 Å². The van der Waals surface area contributed by atoms with Crippen LogP contribution < -0.4 is 0 Å². The molecule has 224 valence electrons. The Morgan fingerprint density at radius 1 is 1.00 bits per heavy atom. The molecule has 3 saturated heterocycles. The predicted molar refractivity (Wildman–Crippen MR) is 137 cm³/mol. The Bertz CT molecular complexity index is 1150. The van der Waals surface area contributed by atoms with E-state index < -0.39 is 29.3 Å². The molecule has 1 aliphatic carbocycles. The molecule has 5 rings (SSSR count). The summed E-state index contributed by atoms with van der Waals surface area (Å²) in [4.78, 5) is 30.9. The van der Waals surface area contributed by atoms with E-state index in [0.717, 1.165) is 25.0 Å². The molecule has 0 aromatic heterocycles. The molecule has 3 aliphatic heterocycles. The largest absolute Gasteiger partial charge is 0.441 e. The van der Waals surface area contributed by atoms with Crippen LogP contribution in [0.25, 0.3) is 0 Å². The summed E-state index contributed by atoms with van der Waals surface area (Å²) in [7, 11) is 0. The number of carbonyl (C=O) groups is 2. The van der Waals surface area contributed by atoms with Gasteiger partial charge in [-0.15, -0.1) is 0 Å². The lowest BCUT2D eigenvalue weighted by Gasteiger charge is -2.38. The van der Waals surface area contributed by atoms with E-state index in [9.17, 15) is 31.5 Å². The van der Waals surface area contributed by atoms with Gasteiger partial charge in [-0.3, -0.25) is 9.69 Å². The second-order valence-corrected chi connectivity index (χ2v) is 12.1. The fraction of sp³-hybridized carbons (Fsp3) is 0.690. The molecule has 1 saturated carbocycles. The number of hydrogen-bond donors (Lipinski definition) is 0. The van der Waals surface area contributed by atoms with Crippen LogP contribution in [0, 0.1) is 40.7 Å². The maximum Gasteiger partial charge on any atom is 0.410 e. The van der Waals surface area contributed by atoms with Crippen LogP contribution in [0.3, 0.4) is 0 Å². The molecule has 7 nitrogen and oxygen atoms in total.